The molecule has 1 fully saturated rings. The fraction of sp³-hybridized carbons (Fsp3) is 0.353. The minimum Gasteiger partial charge on any atom is -0.445 e. The van der Waals surface area contributed by atoms with Gasteiger partial charge in [0, 0.05) is 37.3 Å². The fourth-order valence-electron chi connectivity index (χ4n) is 5.45. The Morgan fingerprint density at radius 1 is 0.958 bits per heavy atom. The summed E-state index contributed by atoms with van der Waals surface area (Å²) in [5.41, 5.74) is 13.5. The van der Waals surface area contributed by atoms with Crippen molar-refractivity contribution in [2.75, 3.05) is 31.5 Å². The van der Waals surface area contributed by atoms with E-state index in [2.05, 4.69) is 15.4 Å². The van der Waals surface area contributed by atoms with Crippen LogP contribution in [0.2, 0.25) is 0 Å². The number of amidine groups is 1. The molecule has 1 aliphatic rings. The lowest BCUT2D eigenvalue weighted by molar-refractivity contribution is -0.134. The van der Waals surface area contributed by atoms with E-state index in [1.807, 2.05) is 30.3 Å². The molecule has 0 spiro atoms. The second-order valence-corrected chi connectivity index (χ2v) is 13.4. The molecule has 3 amide bonds. The van der Waals surface area contributed by atoms with Crippen LogP contribution in [-0.2, 0) is 37.4 Å². The molecular formula is C34H43N7O6S. The Kier molecular flexibility index (Phi) is 13.1. The van der Waals surface area contributed by atoms with Crippen molar-refractivity contribution in [2.45, 2.75) is 49.6 Å². The number of hydrogen-bond acceptors (Lipinski definition) is 8. The summed E-state index contributed by atoms with van der Waals surface area (Å²) in [5.74, 6) is -0.516. The molecule has 0 radical (unpaired) electrons. The molecule has 8 N–H and O–H groups in total. The number of anilines is 1. The van der Waals surface area contributed by atoms with Gasteiger partial charge in [0.2, 0.25) is 21.8 Å². The fourth-order valence-corrected chi connectivity index (χ4v) is 6.69. The zero-order valence-electron chi connectivity index (χ0n) is 26.7. The summed E-state index contributed by atoms with van der Waals surface area (Å²) >= 11 is 0. The number of carbonyl (C=O) groups is 3. The molecule has 48 heavy (non-hydrogen) atoms. The Labute approximate surface area is 281 Å². The first-order valence-electron chi connectivity index (χ1n) is 15.8. The number of ether oxygens (including phenoxy) is 1. The van der Waals surface area contributed by atoms with E-state index in [9.17, 15) is 22.8 Å². The molecule has 13 nitrogen and oxygen atoms in total. The third-order valence-corrected chi connectivity index (χ3v) is 9.51. The molecule has 1 heterocycles. The van der Waals surface area contributed by atoms with Crippen molar-refractivity contribution < 1.29 is 27.5 Å². The van der Waals surface area contributed by atoms with Gasteiger partial charge in [-0.2, -0.15) is 4.72 Å². The second kappa shape index (κ2) is 17.4. The van der Waals surface area contributed by atoms with E-state index in [0.717, 1.165) is 24.8 Å². The van der Waals surface area contributed by atoms with E-state index in [4.69, 9.17) is 21.6 Å². The van der Waals surface area contributed by atoms with Gasteiger partial charge in [0.05, 0.1) is 4.90 Å². The molecule has 4 rings (SSSR count). The number of rotatable bonds is 15. The highest BCUT2D eigenvalue weighted by atomic mass is 32.2. The van der Waals surface area contributed by atoms with Crippen molar-refractivity contribution >= 4 is 39.5 Å². The van der Waals surface area contributed by atoms with Crippen molar-refractivity contribution in [3.05, 3.63) is 95.6 Å². The molecule has 3 aromatic rings. The van der Waals surface area contributed by atoms with Crippen LogP contribution in [0.1, 0.15) is 42.4 Å². The summed E-state index contributed by atoms with van der Waals surface area (Å²) in [6.07, 6.45) is 1.75. The number of piperidine rings is 1. The average Bonchev–Trinajstić information content (AvgIpc) is 3.08. The van der Waals surface area contributed by atoms with Crippen LogP contribution >= 0.6 is 0 Å². The number of nitrogens with zero attached hydrogens (tertiary/aromatic N) is 1. The quantitative estimate of drug-likeness (QED) is 0.104. The number of likely N-dealkylation sites (tertiary alicyclic amines) is 1. The smallest absolute Gasteiger partial charge is 0.407 e. The van der Waals surface area contributed by atoms with Gasteiger partial charge in [-0.15, -0.1) is 0 Å². The van der Waals surface area contributed by atoms with Crippen molar-refractivity contribution in [3.8, 4) is 0 Å². The predicted octanol–water partition coefficient (Wildman–Crippen LogP) is 2.70. The molecule has 1 aliphatic heterocycles. The van der Waals surface area contributed by atoms with Gasteiger partial charge in [-0.25, -0.2) is 13.2 Å². The number of nitrogen functional groups attached to an aromatic ring is 1. The summed E-state index contributed by atoms with van der Waals surface area (Å²) in [5, 5.41) is 12.9. The lowest BCUT2D eigenvalue weighted by Gasteiger charge is -2.34. The molecule has 0 saturated carbocycles. The number of nitrogens with two attached hydrogens (primary N) is 2. The Balaban J connectivity index is 1.39. The molecule has 0 aliphatic carbocycles. The van der Waals surface area contributed by atoms with Crippen molar-refractivity contribution in [1.29, 1.82) is 5.41 Å². The maximum Gasteiger partial charge on any atom is 0.407 e. The molecule has 0 aromatic heterocycles. The van der Waals surface area contributed by atoms with E-state index in [1.165, 1.54) is 18.2 Å². The molecule has 1 atom stereocenters. The Morgan fingerprint density at radius 2 is 1.67 bits per heavy atom. The monoisotopic (exact) mass is 677 g/mol. The summed E-state index contributed by atoms with van der Waals surface area (Å²) < 4.78 is 35.0. The highest BCUT2D eigenvalue weighted by Crippen LogP contribution is 2.22. The van der Waals surface area contributed by atoms with Crippen LogP contribution in [0.5, 0.6) is 0 Å². The minimum absolute atomic E-state index is 0.0110. The summed E-state index contributed by atoms with van der Waals surface area (Å²) in [4.78, 5) is 39.9. The van der Waals surface area contributed by atoms with Crippen LogP contribution in [0.25, 0.3) is 0 Å². The van der Waals surface area contributed by atoms with Gasteiger partial charge in [0.25, 0.3) is 0 Å². The number of nitrogens with one attached hydrogen (secondary N) is 4. The van der Waals surface area contributed by atoms with E-state index >= 15 is 0 Å². The first-order valence-corrected chi connectivity index (χ1v) is 17.3. The first-order chi connectivity index (χ1) is 23.0. The van der Waals surface area contributed by atoms with Crippen LogP contribution in [0.4, 0.5) is 10.5 Å². The van der Waals surface area contributed by atoms with Crippen molar-refractivity contribution in [3.63, 3.8) is 0 Å². The van der Waals surface area contributed by atoms with E-state index in [1.54, 1.807) is 35.2 Å². The zero-order chi connectivity index (χ0) is 34.5. The van der Waals surface area contributed by atoms with Crippen LogP contribution in [-0.4, -0.2) is 69.3 Å². The molecule has 0 bridgehead atoms. The summed E-state index contributed by atoms with van der Waals surface area (Å²) in [6, 6.07) is 20.5. The third kappa shape index (κ3) is 10.9. The number of alkyl carbamates (subject to hydrolysis) is 1. The number of benzene rings is 3. The number of hydrogen-bond donors (Lipinski definition) is 6. The summed E-state index contributed by atoms with van der Waals surface area (Å²) in [6.45, 7) is 1.68. The maximum atomic E-state index is 13.8. The predicted molar refractivity (Wildman–Crippen MR) is 183 cm³/mol. The van der Waals surface area contributed by atoms with Gasteiger partial charge in [-0.3, -0.25) is 15.0 Å². The van der Waals surface area contributed by atoms with Crippen LogP contribution in [0, 0.1) is 11.3 Å². The van der Waals surface area contributed by atoms with Gasteiger partial charge in [-0.1, -0.05) is 54.6 Å². The Bertz CT molecular complexity index is 1680. The second-order valence-electron chi connectivity index (χ2n) is 11.7. The Morgan fingerprint density at radius 3 is 2.38 bits per heavy atom. The van der Waals surface area contributed by atoms with Gasteiger partial charge in [0.1, 0.15) is 18.5 Å². The van der Waals surface area contributed by atoms with E-state index in [0.29, 0.717) is 36.7 Å². The maximum absolute atomic E-state index is 13.8. The Hall–Kier alpha value is -4.79. The molecule has 256 valence electrons. The highest BCUT2D eigenvalue weighted by Gasteiger charge is 2.32. The lowest BCUT2D eigenvalue weighted by Crippen LogP contribution is -2.51. The lowest BCUT2D eigenvalue weighted by atomic mass is 9.93. The van der Waals surface area contributed by atoms with Crippen LogP contribution in [0.15, 0.2) is 83.8 Å². The van der Waals surface area contributed by atoms with Gasteiger partial charge < -0.3 is 31.7 Å². The zero-order valence-corrected chi connectivity index (χ0v) is 27.5. The molecule has 14 heteroatoms. The minimum atomic E-state index is -4.23. The van der Waals surface area contributed by atoms with Gasteiger partial charge in [0.15, 0.2) is 0 Å². The van der Waals surface area contributed by atoms with Crippen LogP contribution in [0.3, 0.4) is 0 Å². The first kappa shape index (κ1) is 36.1. The molecule has 0 unspecified atom stereocenters. The third-order valence-electron chi connectivity index (χ3n) is 8.04. The molecular weight excluding hydrogens is 634 g/mol. The molecule has 1 saturated heterocycles. The normalized spacial score (nSPS) is 14.1. The van der Waals surface area contributed by atoms with E-state index in [-0.39, 0.29) is 48.3 Å². The summed E-state index contributed by atoms with van der Waals surface area (Å²) in [7, 11) is -4.23. The van der Waals surface area contributed by atoms with E-state index < -0.39 is 28.1 Å². The van der Waals surface area contributed by atoms with Crippen molar-refractivity contribution in [1.82, 2.24) is 14.9 Å². The van der Waals surface area contributed by atoms with Gasteiger partial charge in [-0.05, 0) is 73.5 Å². The highest BCUT2D eigenvalue weighted by molar-refractivity contribution is 7.89. The average molecular weight is 678 g/mol. The number of sulfonamides is 1. The standard InChI is InChI=1S/C34H43N7O6S/c35-16-12-24-14-18-41(19-15-24)33(43)30(21-26-8-4-9-27(20-26)32(36)37)40-48(45,46)29-11-5-10-28(22-29)39-31(42)13-17-38-34(44)47-23-25-6-2-1-3-7-25/h1-11,20,22,24,30,40H,12-19,21,23,35H2,(H3,36,37)(H,38,44)(H,39,42)/t30-/m0/s1. The largest absolute Gasteiger partial charge is 0.445 e. The van der Waals surface area contributed by atoms with Gasteiger partial charge >= 0.3 is 6.09 Å². The number of carbonyl (C=O) groups excluding carboxylic acids is 3. The molecule has 3 aromatic carbocycles. The van der Waals surface area contributed by atoms with Crippen LogP contribution < -0.4 is 26.8 Å². The number of amides is 3. The van der Waals surface area contributed by atoms with Crippen molar-refractivity contribution in [2.24, 2.45) is 17.4 Å². The SMILES string of the molecule is N=C(N)c1cccc(C[C@H](NS(=O)(=O)c2cccc(NC(=O)CCNC(=O)OCc3ccccc3)c2)C(=O)N2CCC(CCN)CC2)c1. The topological polar surface area (TPSA) is 210 Å².